The molecule has 0 amide bonds. The lowest BCUT2D eigenvalue weighted by Gasteiger charge is -2.31. The molecule has 1 aromatic rings. The van der Waals surface area contributed by atoms with Crippen LogP contribution in [-0.2, 0) is 5.75 Å². The summed E-state index contributed by atoms with van der Waals surface area (Å²) in [7, 11) is 0. The number of nitrogens with one attached hydrogen (secondary N) is 1. The van der Waals surface area contributed by atoms with Crippen molar-refractivity contribution < 1.29 is 0 Å². The molecule has 2 atom stereocenters. The molecule has 2 rings (SSSR count). The van der Waals surface area contributed by atoms with Gasteiger partial charge in [-0.2, -0.15) is 11.8 Å². The Morgan fingerprint density at radius 1 is 1.22 bits per heavy atom. The van der Waals surface area contributed by atoms with Gasteiger partial charge < -0.3 is 5.32 Å². The van der Waals surface area contributed by atoms with Crippen molar-refractivity contribution in [3.8, 4) is 0 Å². The molecule has 1 aromatic carbocycles. The topological polar surface area (TPSA) is 12.0 Å². The highest BCUT2D eigenvalue weighted by molar-refractivity contribution is 7.99. The minimum atomic E-state index is 0.734. The summed E-state index contributed by atoms with van der Waals surface area (Å²) in [5, 5.41) is 4.47. The van der Waals surface area contributed by atoms with Gasteiger partial charge in [0.05, 0.1) is 0 Å². The Balaban J connectivity index is 1.89. The fourth-order valence-electron chi connectivity index (χ4n) is 2.76. The van der Waals surface area contributed by atoms with Crippen molar-refractivity contribution in [3.05, 3.63) is 35.4 Å². The van der Waals surface area contributed by atoms with E-state index in [0.29, 0.717) is 0 Å². The van der Waals surface area contributed by atoms with E-state index < -0.39 is 0 Å². The third-order valence-electron chi connectivity index (χ3n) is 3.88. The molecular weight excluding hydrogens is 238 g/mol. The number of aryl methyl sites for hydroxylation is 1. The van der Waals surface area contributed by atoms with Crippen LogP contribution in [0.1, 0.15) is 43.7 Å². The Morgan fingerprint density at radius 2 is 2.00 bits per heavy atom. The summed E-state index contributed by atoms with van der Waals surface area (Å²) in [6, 6.07) is 9.51. The monoisotopic (exact) mass is 263 g/mol. The lowest BCUT2D eigenvalue weighted by Crippen LogP contribution is -2.40. The van der Waals surface area contributed by atoms with Crippen molar-refractivity contribution in [2.45, 2.75) is 56.6 Å². The molecule has 0 spiro atoms. The second kappa shape index (κ2) is 7.20. The van der Waals surface area contributed by atoms with Gasteiger partial charge in [-0.25, -0.2) is 0 Å². The molecular formula is C16H25NS. The molecule has 1 aliphatic carbocycles. The molecule has 0 aromatic heterocycles. The minimum Gasteiger partial charge on any atom is -0.313 e. The van der Waals surface area contributed by atoms with Gasteiger partial charge in [-0.05, 0) is 37.4 Å². The second-order valence-electron chi connectivity index (χ2n) is 5.22. The first-order valence-electron chi connectivity index (χ1n) is 7.20. The van der Waals surface area contributed by atoms with E-state index in [1.54, 1.807) is 0 Å². The van der Waals surface area contributed by atoms with Crippen molar-refractivity contribution >= 4 is 11.8 Å². The fraction of sp³-hybridized carbons (Fsp3) is 0.625. The maximum absolute atomic E-state index is 3.66. The highest BCUT2D eigenvalue weighted by Crippen LogP contribution is 2.31. The molecule has 100 valence electrons. The standard InChI is InChI=1S/C16H25NS/c1-3-17-15-10-6-7-11-16(15)18-12-14-9-5-4-8-13(14)2/h4-5,8-9,15-17H,3,6-7,10-12H2,1-2H3. The average Bonchev–Trinajstić information content (AvgIpc) is 2.40. The summed E-state index contributed by atoms with van der Waals surface area (Å²) < 4.78 is 0. The van der Waals surface area contributed by atoms with Gasteiger partial charge in [0, 0.05) is 17.0 Å². The normalized spacial score (nSPS) is 24.1. The summed E-state index contributed by atoms with van der Waals surface area (Å²) in [6.07, 6.45) is 5.56. The maximum Gasteiger partial charge on any atom is 0.0204 e. The van der Waals surface area contributed by atoms with E-state index in [9.17, 15) is 0 Å². The van der Waals surface area contributed by atoms with Crippen molar-refractivity contribution in [2.24, 2.45) is 0 Å². The van der Waals surface area contributed by atoms with Crippen molar-refractivity contribution in [3.63, 3.8) is 0 Å². The van der Waals surface area contributed by atoms with E-state index in [2.05, 4.69) is 55.2 Å². The van der Waals surface area contributed by atoms with E-state index in [1.807, 2.05) is 0 Å². The average molecular weight is 263 g/mol. The van der Waals surface area contributed by atoms with Crippen LogP contribution in [0.3, 0.4) is 0 Å². The van der Waals surface area contributed by atoms with Crippen LogP contribution in [0.25, 0.3) is 0 Å². The van der Waals surface area contributed by atoms with E-state index >= 15 is 0 Å². The van der Waals surface area contributed by atoms with Crippen LogP contribution in [0.4, 0.5) is 0 Å². The number of benzene rings is 1. The van der Waals surface area contributed by atoms with Crippen molar-refractivity contribution in [1.29, 1.82) is 0 Å². The molecule has 1 saturated carbocycles. The van der Waals surface area contributed by atoms with Crippen LogP contribution in [-0.4, -0.2) is 17.8 Å². The third-order valence-corrected chi connectivity index (χ3v) is 5.35. The molecule has 2 heteroatoms. The number of hydrogen-bond donors (Lipinski definition) is 1. The Kier molecular flexibility index (Phi) is 5.58. The lowest BCUT2D eigenvalue weighted by atomic mass is 9.95. The molecule has 1 N–H and O–H groups in total. The van der Waals surface area contributed by atoms with Crippen molar-refractivity contribution in [2.75, 3.05) is 6.54 Å². The first-order valence-corrected chi connectivity index (χ1v) is 8.25. The molecule has 1 fully saturated rings. The van der Waals surface area contributed by atoms with Crippen molar-refractivity contribution in [1.82, 2.24) is 5.32 Å². The molecule has 0 radical (unpaired) electrons. The van der Waals surface area contributed by atoms with Gasteiger partial charge in [0.2, 0.25) is 0 Å². The predicted molar refractivity (Wildman–Crippen MR) is 82.2 cm³/mol. The molecule has 0 aliphatic heterocycles. The zero-order valence-electron chi connectivity index (χ0n) is 11.6. The Hall–Kier alpha value is -0.470. The molecule has 18 heavy (non-hydrogen) atoms. The van der Waals surface area contributed by atoms with Crippen LogP contribution in [0, 0.1) is 6.92 Å². The van der Waals surface area contributed by atoms with Gasteiger partial charge in [-0.3, -0.25) is 0 Å². The largest absolute Gasteiger partial charge is 0.313 e. The highest BCUT2D eigenvalue weighted by atomic mass is 32.2. The van der Waals surface area contributed by atoms with Gasteiger partial charge >= 0.3 is 0 Å². The Bertz CT molecular complexity index is 362. The van der Waals surface area contributed by atoms with Gasteiger partial charge in [-0.1, -0.05) is 44.0 Å². The van der Waals surface area contributed by atoms with Crippen LogP contribution in [0.2, 0.25) is 0 Å². The number of hydrogen-bond acceptors (Lipinski definition) is 2. The van der Waals surface area contributed by atoms with E-state index in [1.165, 1.54) is 42.6 Å². The second-order valence-corrected chi connectivity index (χ2v) is 6.45. The van der Waals surface area contributed by atoms with Crippen LogP contribution < -0.4 is 5.32 Å². The SMILES string of the molecule is CCNC1CCCCC1SCc1ccccc1C. The molecule has 1 nitrogen and oxygen atoms in total. The van der Waals surface area contributed by atoms with E-state index in [0.717, 1.165) is 17.8 Å². The Morgan fingerprint density at radius 3 is 2.78 bits per heavy atom. The van der Waals surface area contributed by atoms with Gasteiger partial charge in [0.1, 0.15) is 0 Å². The van der Waals surface area contributed by atoms with Crippen LogP contribution in [0.5, 0.6) is 0 Å². The van der Waals surface area contributed by atoms with E-state index in [4.69, 9.17) is 0 Å². The van der Waals surface area contributed by atoms with Crippen LogP contribution in [0.15, 0.2) is 24.3 Å². The summed E-state index contributed by atoms with van der Waals surface area (Å²) in [6.45, 7) is 5.54. The summed E-state index contributed by atoms with van der Waals surface area (Å²) in [4.78, 5) is 0. The maximum atomic E-state index is 3.66. The first-order chi connectivity index (χ1) is 8.81. The van der Waals surface area contributed by atoms with Gasteiger partial charge in [0.25, 0.3) is 0 Å². The highest BCUT2D eigenvalue weighted by Gasteiger charge is 2.24. The summed E-state index contributed by atoms with van der Waals surface area (Å²) in [5.74, 6) is 1.17. The Labute approximate surface area is 116 Å². The quantitative estimate of drug-likeness (QED) is 0.856. The predicted octanol–water partition coefficient (Wildman–Crippen LogP) is 4.15. The first kappa shape index (κ1) is 14.0. The third kappa shape index (κ3) is 3.76. The summed E-state index contributed by atoms with van der Waals surface area (Å²) in [5.41, 5.74) is 2.93. The fourth-order valence-corrected chi connectivity index (χ4v) is 4.28. The number of rotatable bonds is 5. The van der Waals surface area contributed by atoms with Crippen LogP contribution >= 0.6 is 11.8 Å². The molecule has 1 aliphatic rings. The van der Waals surface area contributed by atoms with Gasteiger partial charge in [0.15, 0.2) is 0 Å². The summed E-state index contributed by atoms with van der Waals surface area (Å²) >= 11 is 2.15. The zero-order valence-corrected chi connectivity index (χ0v) is 12.4. The number of thioether (sulfide) groups is 1. The van der Waals surface area contributed by atoms with Gasteiger partial charge in [-0.15, -0.1) is 0 Å². The lowest BCUT2D eigenvalue weighted by molar-refractivity contribution is 0.391. The molecule has 0 saturated heterocycles. The smallest absolute Gasteiger partial charge is 0.0204 e. The van der Waals surface area contributed by atoms with E-state index in [-0.39, 0.29) is 0 Å². The molecule has 0 heterocycles. The minimum absolute atomic E-state index is 0.734. The zero-order chi connectivity index (χ0) is 12.8. The molecule has 0 bridgehead atoms. The molecule has 2 unspecified atom stereocenters.